The van der Waals surface area contributed by atoms with E-state index in [1.54, 1.807) is 0 Å². The second-order valence-corrected chi connectivity index (χ2v) is 11.5. The van der Waals surface area contributed by atoms with Gasteiger partial charge in [0.2, 0.25) is 0 Å². The number of piperidine rings is 2. The molecule has 3 aromatic heterocycles. The smallest absolute Gasteiger partial charge is 0.162 e. The van der Waals surface area contributed by atoms with Gasteiger partial charge in [0.25, 0.3) is 0 Å². The van der Waals surface area contributed by atoms with Crippen molar-refractivity contribution in [2.24, 2.45) is 0 Å². The van der Waals surface area contributed by atoms with E-state index in [9.17, 15) is 0 Å². The molecule has 194 valence electrons. The molecule has 2 aliphatic carbocycles. The summed E-state index contributed by atoms with van der Waals surface area (Å²) in [5.74, 6) is 3.32. The third-order valence-corrected chi connectivity index (χ3v) is 8.79. The molecule has 0 bridgehead atoms. The quantitative estimate of drug-likeness (QED) is 0.502. The van der Waals surface area contributed by atoms with Crippen molar-refractivity contribution in [3.8, 4) is 11.4 Å². The molecule has 0 aromatic carbocycles. The van der Waals surface area contributed by atoms with E-state index < -0.39 is 0 Å². The van der Waals surface area contributed by atoms with Gasteiger partial charge in [0.05, 0.1) is 11.7 Å². The van der Waals surface area contributed by atoms with Crippen LogP contribution in [0.5, 0.6) is 0 Å². The fraction of sp³-hybridized carbons (Fsp3) is 0.586. The van der Waals surface area contributed by atoms with Crippen LogP contribution < -0.4 is 15.5 Å². The Morgan fingerprint density at radius 2 is 1.78 bits per heavy atom. The summed E-state index contributed by atoms with van der Waals surface area (Å²) in [6, 6.07) is 5.97. The highest BCUT2D eigenvalue weighted by atomic mass is 15.2. The largest absolute Gasteiger partial charge is 0.367 e. The molecule has 4 aliphatic rings. The molecule has 2 N–H and O–H groups in total. The van der Waals surface area contributed by atoms with Gasteiger partial charge >= 0.3 is 0 Å². The van der Waals surface area contributed by atoms with Crippen LogP contribution in [0.2, 0.25) is 0 Å². The first-order chi connectivity index (χ1) is 18.2. The number of rotatable bonds is 7. The predicted octanol–water partition coefficient (Wildman–Crippen LogP) is 4.19. The number of pyridine rings is 2. The summed E-state index contributed by atoms with van der Waals surface area (Å²) in [6.07, 6.45) is 15.7. The average Bonchev–Trinajstić information content (AvgIpc) is 3.87. The van der Waals surface area contributed by atoms with Crippen molar-refractivity contribution in [2.75, 3.05) is 43.4 Å². The lowest BCUT2D eigenvalue weighted by Gasteiger charge is -2.33. The van der Waals surface area contributed by atoms with Crippen molar-refractivity contribution < 1.29 is 0 Å². The normalized spacial score (nSPS) is 21.9. The molecule has 5 heterocycles. The zero-order chi connectivity index (χ0) is 24.8. The molecular formula is C29H38N8. The SMILES string of the molecule is CN(c1nc(-c2ccnc(NC3CCN(C4CC4)CC3)c2)nc2cncc(C3CC3)c12)C1CCNCC1. The van der Waals surface area contributed by atoms with Crippen LogP contribution in [-0.4, -0.2) is 76.2 Å². The zero-order valence-electron chi connectivity index (χ0n) is 21.9. The highest BCUT2D eigenvalue weighted by molar-refractivity contribution is 5.94. The molecule has 2 saturated heterocycles. The van der Waals surface area contributed by atoms with Crippen LogP contribution in [0.4, 0.5) is 11.6 Å². The van der Waals surface area contributed by atoms with Gasteiger partial charge in [0.1, 0.15) is 11.6 Å². The summed E-state index contributed by atoms with van der Waals surface area (Å²) < 4.78 is 0. The molecule has 0 amide bonds. The molecule has 2 aliphatic heterocycles. The first kappa shape index (κ1) is 23.3. The van der Waals surface area contributed by atoms with Crippen LogP contribution in [0.25, 0.3) is 22.3 Å². The maximum Gasteiger partial charge on any atom is 0.162 e. The minimum atomic E-state index is 0.474. The van der Waals surface area contributed by atoms with Crippen LogP contribution in [0.15, 0.2) is 30.7 Å². The Kier molecular flexibility index (Phi) is 6.17. The number of aromatic nitrogens is 4. The molecule has 0 radical (unpaired) electrons. The summed E-state index contributed by atoms with van der Waals surface area (Å²) in [5.41, 5.74) is 3.27. The van der Waals surface area contributed by atoms with Crippen LogP contribution in [0, 0.1) is 0 Å². The third-order valence-electron chi connectivity index (χ3n) is 8.79. The molecule has 8 heteroatoms. The minimum absolute atomic E-state index is 0.474. The van der Waals surface area contributed by atoms with Crippen molar-refractivity contribution in [1.29, 1.82) is 0 Å². The Morgan fingerprint density at radius 3 is 2.54 bits per heavy atom. The standard InChI is InChI=1S/C29H38N8/c1-36(22-7-11-30-12-8-22)29-27-24(19-2-3-19)17-31-18-25(27)34-28(35-29)20-6-13-32-26(16-20)33-21-9-14-37(15-10-21)23-4-5-23/h6,13,16-19,21-23,30H,2-5,7-12,14-15H2,1H3,(H,32,33). The van der Waals surface area contributed by atoms with Gasteiger partial charge in [-0.3, -0.25) is 4.98 Å². The van der Waals surface area contributed by atoms with E-state index in [1.807, 2.05) is 24.7 Å². The van der Waals surface area contributed by atoms with E-state index in [1.165, 1.54) is 62.6 Å². The van der Waals surface area contributed by atoms with E-state index >= 15 is 0 Å². The number of likely N-dealkylation sites (tertiary alicyclic amines) is 1. The lowest BCUT2D eigenvalue weighted by atomic mass is 10.0. The van der Waals surface area contributed by atoms with Crippen molar-refractivity contribution in [3.05, 3.63) is 36.3 Å². The fourth-order valence-electron chi connectivity index (χ4n) is 6.25. The molecule has 0 unspecified atom stereocenters. The first-order valence-electron chi connectivity index (χ1n) is 14.3. The summed E-state index contributed by atoms with van der Waals surface area (Å²) in [4.78, 5) is 24.6. The van der Waals surface area contributed by atoms with Crippen LogP contribution in [-0.2, 0) is 0 Å². The van der Waals surface area contributed by atoms with Gasteiger partial charge in [-0.1, -0.05) is 0 Å². The maximum atomic E-state index is 5.25. The summed E-state index contributed by atoms with van der Waals surface area (Å²) in [7, 11) is 2.21. The Balaban J connectivity index is 1.20. The molecule has 8 nitrogen and oxygen atoms in total. The third kappa shape index (κ3) is 4.89. The van der Waals surface area contributed by atoms with Gasteiger partial charge < -0.3 is 20.4 Å². The number of anilines is 2. The predicted molar refractivity (Wildman–Crippen MR) is 148 cm³/mol. The molecule has 0 spiro atoms. The van der Waals surface area contributed by atoms with Crippen molar-refractivity contribution in [1.82, 2.24) is 30.2 Å². The van der Waals surface area contributed by atoms with Gasteiger partial charge in [-0.15, -0.1) is 0 Å². The lowest BCUT2D eigenvalue weighted by Crippen LogP contribution is -2.41. The second-order valence-electron chi connectivity index (χ2n) is 11.5. The molecule has 3 aromatic rings. The molecule has 2 saturated carbocycles. The first-order valence-corrected chi connectivity index (χ1v) is 14.3. The molecule has 4 fully saturated rings. The fourth-order valence-corrected chi connectivity index (χ4v) is 6.25. The minimum Gasteiger partial charge on any atom is -0.367 e. The zero-order valence-corrected chi connectivity index (χ0v) is 21.9. The average molecular weight is 499 g/mol. The van der Waals surface area contributed by atoms with Gasteiger partial charge in [0.15, 0.2) is 5.82 Å². The molecular weight excluding hydrogens is 460 g/mol. The van der Waals surface area contributed by atoms with E-state index in [0.717, 1.165) is 60.5 Å². The highest BCUT2D eigenvalue weighted by Crippen LogP contribution is 2.45. The number of nitrogens with zero attached hydrogens (tertiary/aromatic N) is 6. The van der Waals surface area contributed by atoms with Crippen molar-refractivity contribution in [2.45, 2.75) is 75.4 Å². The van der Waals surface area contributed by atoms with E-state index in [-0.39, 0.29) is 0 Å². The topological polar surface area (TPSA) is 82.1 Å². The Labute approximate surface area is 219 Å². The van der Waals surface area contributed by atoms with Gasteiger partial charge in [0, 0.05) is 61.6 Å². The Morgan fingerprint density at radius 1 is 0.973 bits per heavy atom. The Hall–Kier alpha value is -2.84. The lowest BCUT2D eigenvalue weighted by molar-refractivity contribution is 0.210. The molecule has 37 heavy (non-hydrogen) atoms. The monoisotopic (exact) mass is 498 g/mol. The number of fused-ring (bicyclic) bond motifs is 1. The second kappa shape index (κ2) is 9.80. The molecule has 7 rings (SSSR count). The Bertz CT molecular complexity index is 1260. The summed E-state index contributed by atoms with van der Waals surface area (Å²) in [5, 5.41) is 8.40. The van der Waals surface area contributed by atoms with Crippen LogP contribution in [0.3, 0.4) is 0 Å². The highest BCUT2D eigenvalue weighted by Gasteiger charge is 2.32. The number of hydrogen-bond donors (Lipinski definition) is 2. The van der Waals surface area contributed by atoms with Gasteiger partial charge in [-0.25, -0.2) is 15.0 Å². The number of hydrogen-bond acceptors (Lipinski definition) is 8. The van der Waals surface area contributed by atoms with Crippen LogP contribution >= 0.6 is 0 Å². The maximum absolute atomic E-state index is 5.25. The van der Waals surface area contributed by atoms with Crippen molar-refractivity contribution >= 4 is 22.5 Å². The molecule has 0 atom stereocenters. The van der Waals surface area contributed by atoms with Gasteiger partial charge in [-0.2, -0.15) is 0 Å². The van der Waals surface area contributed by atoms with Crippen LogP contribution in [0.1, 0.15) is 62.8 Å². The van der Waals surface area contributed by atoms with E-state index in [0.29, 0.717) is 18.0 Å². The van der Waals surface area contributed by atoms with E-state index in [4.69, 9.17) is 9.97 Å². The van der Waals surface area contributed by atoms with E-state index in [2.05, 4.69) is 43.5 Å². The summed E-state index contributed by atoms with van der Waals surface area (Å²) >= 11 is 0. The van der Waals surface area contributed by atoms with Crippen molar-refractivity contribution in [3.63, 3.8) is 0 Å². The van der Waals surface area contributed by atoms with Gasteiger partial charge in [-0.05, 0) is 88.1 Å². The summed E-state index contributed by atoms with van der Waals surface area (Å²) in [6.45, 7) is 4.50. The number of nitrogens with one attached hydrogen (secondary N) is 2.